The van der Waals surface area contributed by atoms with E-state index in [-0.39, 0.29) is 31.7 Å². The molecule has 2 rings (SSSR count). The first kappa shape index (κ1) is 16.3. The molecule has 20 heavy (non-hydrogen) atoms. The van der Waals surface area contributed by atoms with Crippen LogP contribution in [0.4, 0.5) is 14.9 Å². The molecule has 110 valence electrons. The minimum atomic E-state index is -0.348. The molecule has 0 unspecified atom stereocenters. The first-order valence-corrected chi connectivity index (χ1v) is 5.90. The normalized spacial score (nSPS) is 14.8. The molecular formula is C13H16ClFN2O3. The lowest BCUT2D eigenvalue weighted by molar-refractivity contribution is 0.181. The summed E-state index contributed by atoms with van der Waals surface area (Å²) < 4.78 is 22.5. The van der Waals surface area contributed by atoms with E-state index in [4.69, 9.17) is 15.2 Å². The van der Waals surface area contributed by atoms with Gasteiger partial charge < -0.3 is 15.2 Å². The third-order valence-electron chi connectivity index (χ3n) is 2.75. The fraction of sp³-hybridized carbons (Fsp3) is 0.308. The van der Waals surface area contributed by atoms with E-state index in [0.29, 0.717) is 30.8 Å². The Morgan fingerprint density at radius 2 is 2.15 bits per heavy atom. The molecule has 1 aliphatic heterocycles. The third-order valence-corrected chi connectivity index (χ3v) is 2.75. The topological polar surface area (TPSA) is 64.8 Å². The van der Waals surface area contributed by atoms with Gasteiger partial charge in [-0.15, -0.1) is 12.4 Å². The van der Waals surface area contributed by atoms with E-state index in [1.807, 2.05) is 0 Å². The molecule has 1 amide bonds. The minimum Gasteiger partial charge on any atom is -0.489 e. The average Bonchev–Trinajstić information content (AvgIpc) is 2.87. The molecule has 1 aliphatic rings. The van der Waals surface area contributed by atoms with Crippen LogP contribution in [0, 0.1) is 0 Å². The maximum Gasteiger partial charge on any atom is 0.414 e. The molecular weight excluding hydrogens is 287 g/mol. The number of cyclic esters (lactones) is 1. The Hall–Kier alpha value is -1.79. The van der Waals surface area contributed by atoms with Gasteiger partial charge in [0.2, 0.25) is 0 Å². The van der Waals surface area contributed by atoms with Crippen molar-refractivity contribution in [3.63, 3.8) is 0 Å². The van der Waals surface area contributed by atoms with Gasteiger partial charge >= 0.3 is 6.09 Å². The molecule has 0 aliphatic carbocycles. The van der Waals surface area contributed by atoms with Gasteiger partial charge in [0.15, 0.2) is 0 Å². The lowest BCUT2D eigenvalue weighted by Crippen LogP contribution is -2.23. The molecule has 1 heterocycles. The summed E-state index contributed by atoms with van der Waals surface area (Å²) in [5.41, 5.74) is 6.45. The molecule has 0 radical (unpaired) electrons. The minimum absolute atomic E-state index is 0. The number of ether oxygens (including phenoxy) is 2. The Balaban J connectivity index is 0.00000200. The predicted molar refractivity (Wildman–Crippen MR) is 76.1 cm³/mol. The van der Waals surface area contributed by atoms with E-state index in [1.165, 1.54) is 4.90 Å². The van der Waals surface area contributed by atoms with Gasteiger partial charge in [-0.05, 0) is 24.3 Å². The van der Waals surface area contributed by atoms with E-state index >= 15 is 0 Å². The Kier molecular flexibility index (Phi) is 6.27. The molecule has 0 saturated carbocycles. The van der Waals surface area contributed by atoms with Crippen molar-refractivity contribution in [1.82, 2.24) is 0 Å². The third kappa shape index (κ3) is 3.85. The summed E-state index contributed by atoms with van der Waals surface area (Å²) in [6, 6.07) is 6.94. The second kappa shape index (κ2) is 7.72. The summed E-state index contributed by atoms with van der Waals surface area (Å²) >= 11 is 0. The fourth-order valence-electron chi connectivity index (χ4n) is 1.66. The van der Waals surface area contributed by atoms with Crippen LogP contribution in [0.5, 0.6) is 5.75 Å². The van der Waals surface area contributed by atoms with Gasteiger partial charge in [0.1, 0.15) is 19.0 Å². The summed E-state index contributed by atoms with van der Waals surface area (Å²) in [6.45, 7) is 1.17. The fourth-order valence-corrected chi connectivity index (χ4v) is 1.66. The first-order chi connectivity index (χ1) is 9.24. The first-order valence-electron chi connectivity index (χ1n) is 5.90. The van der Waals surface area contributed by atoms with E-state index < -0.39 is 0 Å². The van der Waals surface area contributed by atoms with Gasteiger partial charge in [0.25, 0.3) is 0 Å². The lowest BCUT2D eigenvalue weighted by atomic mass is 10.2. The molecule has 7 heteroatoms. The van der Waals surface area contributed by atoms with Crippen LogP contribution >= 0.6 is 12.4 Å². The Morgan fingerprint density at radius 1 is 1.45 bits per heavy atom. The molecule has 0 aromatic heterocycles. The monoisotopic (exact) mass is 302 g/mol. The Bertz CT molecular complexity index is 479. The number of carbonyl (C=O) groups is 1. The number of benzene rings is 1. The van der Waals surface area contributed by atoms with E-state index in [2.05, 4.69) is 0 Å². The van der Waals surface area contributed by atoms with Crippen molar-refractivity contribution >= 4 is 24.2 Å². The van der Waals surface area contributed by atoms with Crippen LogP contribution < -0.4 is 15.4 Å². The van der Waals surface area contributed by atoms with Crippen molar-refractivity contribution < 1.29 is 18.7 Å². The standard InChI is InChI=1S/C13H15FN2O3.ClH/c14-7-10(8-15)9-19-12-3-1-11(2-4-12)16-5-6-18-13(16)17;/h1-4,7H,5-6,8-9,15H2;1H/b10-7-;. The highest BCUT2D eigenvalue weighted by molar-refractivity contribution is 5.89. The van der Waals surface area contributed by atoms with Crippen LogP contribution in [0.2, 0.25) is 0 Å². The number of nitrogens with two attached hydrogens (primary N) is 1. The second-order valence-corrected chi connectivity index (χ2v) is 4.02. The molecule has 0 spiro atoms. The van der Waals surface area contributed by atoms with Gasteiger partial charge in [-0.3, -0.25) is 4.90 Å². The van der Waals surface area contributed by atoms with Crippen LogP contribution in [-0.2, 0) is 4.74 Å². The van der Waals surface area contributed by atoms with Gasteiger partial charge in [0, 0.05) is 17.8 Å². The van der Waals surface area contributed by atoms with E-state index in [9.17, 15) is 9.18 Å². The highest BCUT2D eigenvalue weighted by atomic mass is 35.5. The van der Waals surface area contributed by atoms with Gasteiger partial charge in [0.05, 0.1) is 12.9 Å². The van der Waals surface area contributed by atoms with Gasteiger partial charge in [-0.25, -0.2) is 9.18 Å². The molecule has 1 aromatic rings. The Labute approximate surface area is 122 Å². The Morgan fingerprint density at radius 3 is 2.65 bits per heavy atom. The number of nitrogens with zero attached hydrogens (tertiary/aromatic N) is 1. The van der Waals surface area contributed by atoms with E-state index in [0.717, 1.165) is 5.69 Å². The van der Waals surface area contributed by atoms with Crippen molar-refractivity contribution in [3.05, 3.63) is 36.2 Å². The predicted octanol–water partition coefficient (Wildman–Crippen LogP) is 2.26. The SMILES string of the molecule is Cl.NC/C(=C/F)COc1ccc(N2CCOC2=O)cc1. The zero-order valence-electron chi connectivity index (χ0n) is 10.8. The number of anilines is 1. The van der Waals surface area contributed by atoms with Crippen LogP contribution in [0.15, 0.2) is 36.2 Å². The number of hydrogen-bond donors (Lipinski definition) is 1. The van der Waals surface area contributed by atoms with Crippen LogP contribution in [0.1, 0.15) is 0 Å². The van der Waals surface area contributed by atoms with Crippen molar-refractivity contribution in [1.29, 1.82) is 0 Å². The summed E-state index contributed by atoms with van der Waals surface area (Å²) in [5.74, 6) is 0.587. The van der Waals surface area contributed by atoms with Crippen molar-refractivity contribution in [2.45, 2.75) is 0 Å². The summed E-state index contributed by atoms with van der Waals surface area (Å²) in [6.07, 6.45) is 0.105. The average molecular weight is 303 g/mol. The van der Waals surface area contributed by atoms with Crippen molar-refractivity contribution in [3.8, 4) is 5.75 Å². The highest BCUT2D eigenvalue weighted by Gasteiger charge is 2.23. The molecule has 1 saturated heterocycles. The molecule has 5 nitrogen and oxygen atoms in total. The number of rotatable bonds is 5. The van der Waals surface area contributed by atoms with E-state index in [1.54, 1.807) is 24.3 Å². The van der Waals surface area contributed by atoms with Gasteiger partial charge in [-0.2, -0.15) is 0 Å². The smallest absolute Gasteiger partial charge is 0.414 e. The summed E-state index contributed by atoms with van der Waals surface area (Å²) in [5, 5.41) is 0. The zero-order chi connectivity index (χ0) is 13.7. The van der Waals surface area contributed by atoms with Crippen molar-refractivity contribution in [2.75, 3.05) is 31.2 Å². The van der Waals surface area contributed by atoms with Crippen LogP contribution in [-0.4, -0.2) is 32.4 Å². The van der Waals surface area contributed by atoms with Crippen LogP contribution in [0.25, 0.3) is 0 Å². The van der Waals surface area contributed by atoms with Gasteiger partial charge in [-0.1, -0.05) is 0 Å². The van der Waals surface area contributed by atoms with Crippen LogP contribution in [0.3, 0.4) is 0 Å². The van der Waals surface area contributed by atoms with Crippen molar-refractivity contribution in [2.24, 2.45) is 5.73 Å². The molecule has 1 aromatic carbocycles. The number of halogens is 2. The largest absolute Gasteiger partial charge is 0.489 e. The number of amides is 1. The molecule has 0 atom stereocenters. The lowest BCUT2D eigenvalue weighted by Gasteiger charge is -2.13. The molecule has 1 fully saturated rings. The number of carbonyl (C=O) groups excluding carboxylic acids is 1. The summed E-state index contributed by atoms with van der Waals surface area (Å²) in [4.78, 5) is 12.9. The quantitative estimate of drug-likeness (QED) is 0.906. The second-order valence-electron chi connectivity index (χ2n) is 4.02. The summed E-state index contributed by atoms with van der Waals surface area (Å²) in [7, 11) is 0. The maximum absolute atomic E-state index is 12.3. The highest BCUT2D eigenvalue weighted by Crippen LogP contribution is 2.22. The zero-order valence-corrected chi connectivity index (χ0v) is 11.6. The molecule has 0 bridgehead atoms. The molecule has 2 N–H and O–H groups in total. The number of hydrogen-bond acceptors (Lipinski definition) is 4. The maximum atomic E-state index is 12.3.